The lowest BCUT2D eigenvalue weighted by Gasteiger charge is -1.96. The average molecular weight is 220 g/mol. The molecule has 1 fully saturated rings. The van der Waals surface area contributed by atoms with Crippen molar-refractivity contribution in [2.75, 3.05) is 0 Å². The first-order valence-corrected chi connectivity index (χ1v) is 5.95. The second kappa shape index (κ2) is 3.79. The fourth-order valence-electron chi connectivity index (χ4n) is 1.44. The van der Waals surface area contributed by atoms with Crippen molar-refractivity contribution in [1.29, 1.82) is 0 Å². The number of thiazole rings is 1. The summed E-state index contributed by atoms with van der Waals surface area (Å²) < 4.78 is 5.32. The van der Waals surface area contributed by atoms with E-state index in [1.807, 2.05) is 18.3 Å². The van der Waals surface area contributed by atoms with E-state index in [0.717, 1.165) is 28.2 Å². The van der Waals surface area contributed by atoms with Crippen LogP contribution in [0.2, 0.25) is 0 Å². The molecule has 0 atom stereocenters. The van der Waals surface area contributed by atoms with Crippen LogP contribution in [0.15, 0.2) is 29.0 Å². The molecule has 0 bridgehead atoms. The minimum Gasteiger partial charge on any atom is -0.463 e. The molecule has 3 nitrogen and oxygen atoms in total. The number of hydrogen-bond acceptors (Lipinski definition) is 4. The predicted octanol–water partition coefficient (Wildman–Crippen LogP) is 2.66. The molecule has 1 aliphatic rings. The van der Waals surface area contributed by atoms with Gasteiger partial charge in [0.15, 0.2) is 0 Å². The lowest BCUT2D eigenvalue weighted by Crippen LogP contribution is -2.14. The molecular weight excluding hydrogens is 208 g/mol. The summed E-state index contributed by atoms with van der Waals surface area (Å²) in [6.07, 6.45) is 6.21. The van der Waals surface area contributed by atoms with Crippen LogP contribution in [-0.4, -0.2) is 11.0 Å². The summed E-state index contributed by atoms with van der Waals surface area (Å²) in [6, 6.07) is 4.60. The Balaban J connectivity index is 1.69. The molecule has 15 heavy (non-hydrogen) atoms. The highest BCUT2D eigenvalue weighted by atomic mass is 32.1. The topological polar surface area (TPSA) is 38.1 Å². The van der Waals surface area contributed by atoms with Gasteiger partial charge in [-0.25, -0.2) is 4.98 Å². The van der Waals surface area contributed by atoms with Crippen molar-refractivity contribution in [3.05, 3.63) is 29.6 Å². The van der Waals surface area contributed by atoms with E-state index in [4.69, 9.17) is 4.42 Å². The third kappa shape index (κ3) is 2.11. The Bertz CT molecular complexity index is 431. The molecule has 2 aromatic rings. The second-order valence-corrected chi connectivity index (χ2v) is 4.87. The summed E-state index contributed by atoms with van der Waals surface area (Å²) in [4.78, 5) is 5.47. The molecule has 0 unspecified atom stereocenters. The van der Waals surface area contributed by atoms with Gasteiger partial charge in [0.25, 0.3) is 0 Å². The molecular formula is C11H12N2OS. The lowest BCUT2D eigenvalue weighted by atomic mass is 10.4. The molecule has 0 aromatic carbocycles. The van der Waals surface area contributed by atoms with Gasteiger partial charge in [-0.1, -0.05) is 0 Å². The summed E-state index contributed by atoms with van der Waals surface area (Å²) in [5.74, 6) is 0.908. The van der Waals surface area contributed by atoms with Gasteiger partial charge in [-0.05, 0) is 25.0 Å². The number of aromatic nitrogens is 1. The number of rotatable bonds is 4. The SMILES string of the molecule is c1coc(-c2cnc(CNC3CC3)s2)c1. The van der Waals surface area contributed by atoms with Crippen molar-refractivity contribution in [2.45, 2.75) is 25.4 Å². The van der Waals surface area contributed by atoms with Crippen molar-refractivity contribution in [3.8, 4) is 10.6 Å². The average Bonchev–Trinajstić information content (AvgIpc) is 2.78. The third-order valence-corrected chi connectivity index (χ3v) is 3.45. The van der Waals surface area contributed by atoms with Crippen molar-refractivity contribution in [1.82, 2.24) is 10.3 Å². The largest absolute Gasteiger partial charge is 0.463 e. The van der Waals surface area contributed by atoms with Gasteiger partial charge in [0.05, 0.1) is 11.1 Å². The highest BCUT2D eigenvalue weighted by molar-refractivity contribution is 7.15. The Morgan fingerprint density at radius 3 is 3.20 bits per heavy atom. The van der Waals surface area contributed by atoms with Crippen LogP contribution in [0.5, 0.6) is 0 Å². The summed E-state index contributed by atoms with van der Waals surface area (Å²) >= 11 is 1.69. The van der Waals surface area contributed by atoms with Crippen LogP contribution in [0, 0.1) is 0 Å². The van der Waals surface area contributed by atoms with Crippen LogP contribution in [-0.2, 0) is 6.54 Å². The summed E-state index contributed by atoms with van der Waals surface area (Å²) in [5, 5.41) is 4.58. The van der Waals surface area contributed by atoms with Gasteiger partial charge in [-0.15, -0.1) is 11.3 Å². The zero-order valence-corrected chi connectivity index (χ0v) is 9.09. The summed E-state index contributed by atoms with van der Waals surface area (Å²) in [5.41, 5.74) is 0. The minimum atomic E-state index is 0.737. The Kier molecular flexibility index (Phi) is 2.31. The molecule has 0 saturated heterocycles. The molecule has 78 valence electrons. The van der Waals surface area contributed by atoms with E-state index in [-0.39, 0.29) is 0 Å². The molecule has 0 aliphatic heterocycles. The van der Waals surface area contributed by atoms with E-state index in [1.165, 1.54) is 12.8 Å². The van der Waals surface area contributed by atoms with Crippen molar-refractivity contribution in [3.63, 3.8) is 0 Å². The molecule has 2 heterocycles. The van der Waals surface area contributed by atoms with Gasteiger partial charge in [0, 0.05) is 18.8 Å². The summed E-state index contributed by atoms with van der Waals surface area (Å²) in [6.45, 7) is 0.885. The first kappa shape index (κ1) is 9.12. The monoisotopic (exact) mass is 220 g/mol. The molecule has 4 heteroatoms. The quantitative estimate of drug-likeness (QED) is 0.860. The van der Waals surface area contributed by atoms with Gasteiger partial charge in [0.2, 0.25) is 0 Å². The standard InChI is InChI=1S/C11H12N2OS/c1-2-9(14-5-1)10-6-13-11(15-10)7-12-8-3-4-8/h1-2,5-6,8,12H,3-4,7H2. The maximum atomic E-state index is 5.32. The van der Waals surface area contributed by atoms with Crippen LogP contribution in [0.25, 0.3) is 10.6 Å². The predicted molar refractivity (Wildman–Crippen MR) is 59.7 cm³/mol. The van der Waals surface area contributed by atoms with E-state index in [0.29, 0.717) is 0 Å². The Hall–Kier alpha value is -1.13. The fourth-order valence-corrected chi connectivity index (χ4v) is 2.28. The molecule has 1 aliphatic carbocycles. The van der Waals surface area contributed by atoms with E-state index in [1.54, 1.807) is 17.6 Å². The molecule has 0 radical (unpaired) electrons. The van der Waals surface area contributed by atoms with E-state index in [9.17, 15) is 0 Å². The number of furan rings is 1. The van der Waals surface area contributed by atoms with Crippen LogP contribution < -0.4 is 5.32 Å². The Labute approximate surface area is 92.1 Å². The molecule has 1 saturated carbocycles. The number of nitrogens with one attached hydrogen (secondary N) is 1. The maximum Gasteiger partial charge on any atom is 0.145 e. The van der Waals surface area contributed by atoms with Crippen molar-refractivity contribution < 1.29 is 4.42 Å². The van der Waals surface area contributed by atoms with E-state index >= 15 is 0 Å². The van der Waals surface area contributed by atoms with Crippen molar-refractivity contribution in [2.24, 2.45) is 0 Å². The molecule has 2 aromatic heterocycles. The van der Waals surface area contributed by atoms with Gasteiger partial charge < -0.3 is 9.73 Å². The first-order chi connectivity index (χ1) is 7.42. The molecule has 0 spiro atoms. The number of nitrogens with zero attached hydrogens (tertiary/aromatic N) is 1. The van der Waals surface area contributed by atoms with E-state index < -0.39 is 0 Å². The van der Waals surface area contributed by atoms with Crippen LogP contribution in [0.4, 0.5) is 0 Å². The molecule has 1 N–H and O–H groups in total. The highest BCUT2D eigenvalue weighted by Crippen LogP contribution is 2.27. The zero-order valence-electron chi connectivity index (χ0n) is 8.27. The lowest BCUT2D eigenvalue weighted by molar-refractivity contribution is 0.583. The zero-order chi connectivity index (χ0) is 10.1. The van der Waals surface area contributed by atoms with Gasteiger partial charge >= 0.3 is 0 Å². The number of hydrogen-bond donors (Lipinski definition) is 1. The normalized spacial score (nSPS) is 15.7. The Morgan fingerprint density at radius 1 is 1.53 bits per heavy atom. The molecule has 0 amide bonds. The van der Waals surface area contributed by atoms with Crippen LogP contribution >= 0.6 is 11.3 Å². The third-order valence-electron chi connectivity index (χ3n) is 2.44. The van der Waals surface area contributed by atoms with Crippen LogP contribution in [0.3, 0.4) is 0 Å². The van der Waals surface area contributed by atoms with Gasteiger partial charge in [0.1, 0.15) is 10.8 Å². The minimum absolute atomic E-state index is 0.737. The highest BCUT2D eigenvalue weighted by Gasteiger charge is 2.20. The summed E-state index contributed by atoms with van der Waals surface area (Å²) in [7, 11) is 0. The Morgan fingerprint density at radius 2 is 2.47 bits per heavy atom. The second-order valence-electron chi connectivity index (χ2n) is 3.75. The van der Waals surface area contributed by atoms with E-state index in [2.05, 4.69) is 10.3 Å². The smallest absolute Gasteiger partial charge is 0.145 e. The maximum absolute atomic E-state index is 5.32. The van der Waals surface area contributed by atoms with Gasteiger partial charge in [-0.2, -0.15) is 0 Å². The van der Waals surface area contributed by atoms with Crippen molar-refractivity contribution >= 4 is 11.3 Å². The fraction of sp³-hybridized carbons (Fsp3) is 0.364. The molecule has 3 rings (SSSR count). The first-order valence-electron chi connectivity index (χ1n) is 5.14. The van der Waals surface area contributed by atoms with Crippen LogP contribution in [0.1, 0.15) is 17.8 Å². The van der Waals surface area contributed by atoms with Gasteiger partial charge in [-0.3, -0.25) is 0 Å².